The molecular weight excluding hydrogens is 705 g/mol. The van der Waals surface area contributed by atoms with E-state index in [-0.39, 0.29) is 0 Å². The molecule has 1 atom stereocenters. The van der Waals surface area contributed by atoms with Crippen molar-refractivity contribution in [2.45, 2.75) is 5.41 Å². The first kappa shape index (κ1) is 32.6. The van der Waals surface area contributed by atoms with Gasteiger partial charge in [0.1, 0.15) is 11.2 Å². The van der Waals surface area contributed by atoms with Crippen LogP contribution in [0.1, 0.15) is 22.3 Å². The summed E-state index contributed by atoms with van der Waals surface area (Å²) in [5.41, 5.74) is 18.2. The van der Waals surface area contributed by atoms with Gasteiger partial charge in [0.25, 0.3) is 0 Å². The van der Waals surface area contributed by atoms with Gasteiger partial charge in [-0.05, 0) is 123 Å². The molecule has 0 fully saturated rings. The predicted molar refractivity (Wildman–Crippen MR) is 239 cm³/mol. The summed E-state index contributed by atoms with van der Waals surface area (Å²) in [5.74, 6) is 0. The molecule has 0 amide bonds. The highest BCUT2D eigenvalue weighted by Gasteiger charge is 2.51. The molecule has 0 radical (unpaired) electrons. The second kappa shape index (κ2) is 12.7. The first-order chi connectivity index (χ1) is 28.8. The second-order valence-corrected chi connectivity index (χ2v) is 15.3. The van der Waals surface area contributed by atoms with Crippen LogP contribution in [-0.2, 0) is 5.41 Å². The van der Waals surface area contributed by atoms with Gasteiger partial charge in [0.2, 0.25) is 0 Å². The Hall–Kier alpha value is -7.62. The van der Waals surface area contributed by atoms with Gasteiger partial charge in [0.05, 0.1) is 5.41 Å². The third-order valence-electron chi connectivity index (χ3n) is 12.2. The Kier molecular flexibility index (Phi) is 7.14. The van der Waals surface area contributed by atoms with Gasteiger partial charge in [-0.2, -0.15) is 0 Å². The minimum absolute atomic E-state index is 0.468. The SMILES string of the molecule is c1ccc(N(c2ccccc2)c2ccc3c(c2)-c2ccccc2C32c3ccccc3-c3cc(N(c4ccccc4)c4ccc5c(c4)oc4ccccc45)ccc32)cc1. The Labute approximate surface area is 337 Å². The fraction of sp³-hybridized carbons (Fsp3) is 0.0182. The normalized spacial score (nSPS) is 14.6. The second-order valence-electron chi connectivity index (χ2n) is 15.3. The molecule has 1 aromatic heterocycles. The molecule has 2 aliphatic rings. The molecule has 0 saturated heterocycles. The maximum atomic E-state index is 6.41. The van der Waals surface area contributed by atoms with E-state index >= 15 is 0 Å². The molecule has 3 heteroatoms. The smallest absolute Gasteiger partial charge is 0.137 e. The number of hydrogen-bond donors (Lipinski definition) is 0. The molecule has 0 saturated carbocycles. The van der Waals surface area contributed by atoms with E-state index < -0.39 is 5.41 Å². The van der Waals surface area contributed by atoms with Gasteiger partial charge in [-0.25, -0.2) is 0 Å². The van der Waals surface area contributed by atoms with Gasteiger partial charge in [0, 0.05) is 51.0 Å². The van der Waals surface area contributed by atoms with Crippen LogP contribution in [0.15, 0.2) is 223 Å². The van der Waals surface area contributed by atoms with Crippen LogP contribution in [0.2, 0.25) is 0 Å². The van der Waals surface area contributed by atoms with Crippen molar-refractivity contribution in [3.63, 3.8) is 0 Å². The molecular formula is C55H36N2O. The van der Waals surface area contributed by atoms with Crippen LogP contribution in [0.5, 0.6) is 0 Å². The summed E-state index contributed by atoms with van der Waals surface area (Å²) in [6.07, 6.45) is 0. The van der Waals surface area contributed by atoms with Crippen molar-refractivity contribution in [1.29, 1.82) is 0 Å². The largest absolute Gasteiger partial charge is 0.456 e. The number of nitrogens with zero attached hydrogens (tertiary/aromatic N) is 2. The third-order valence-corrected chi connectivity index (χ3v) is 12.2. The van der Waals surface area contributed by atoms with Crippen molar-refractivity contribution < 1.29 is 4.42 Å². The van der Waals surface area contributed by atoms with Crippen LogP contribution in [0.4, 0.5) is 34.1 Å². The summed E-state index contributed by atoms with van der Waals surface area (Å²) < 4.78 is 6.41. The highest BCUT2D eigenvalue weighted by molar-refractivity contribution is 6.06. The zero-order chi connectivity index (χ0) is 38.2. The van der Waals surface area contributed by atoms with E-state index in [1.54, 1.807) is 0 Å². The van der Waals surface area contributed by atoms with Gasteiger partial charge in [-0.3, -0.25) is 0 Å². The van der Waals surface area contributed by atoms with Gasteiger partial charge in [0.15, 0.2) is 0 Å². The quantitative estimate of drug-likeness (QED) is 0.169. The standard InChI is InChI=1S/C55H36N2O/c1-4-16-37(17-5-1)56(38-18-6-2-7-19-38)40-29-32-51-47(34-40)43-22-10-13-25-49(43)55(51)50-26-14-11-23-44(50)48-35-41(30-33-52(48)55)57(39-20-8-3-9-21-39)42-28-31-46-45-24-12-15-27-53(45)58-54(46)36-42/h1-36H. The van der Waals surface area contributed by atoms with Crippen LogP contribution >= 0.6 is 0 Å². The maximum Gasteiger partial charge on any atom is 0.137 e. The van der Waals surface area contributed by atoms with Crippen LogP contribution < -0.4 is 9.80 Å². The Balaban J connectivity index is 1.06. The van der Waals surface area contributed by atoms with Crippen LogP contribution in [-0.4, -0.2) is 0 Å². The van der Waals surface area contributed by atoms with Crippen molar-refractivity contribution in [2.24, 2.45) is 0 Å². The van der Waals surface area contributed by atoms with Crippen molar-refractivity contribution in [1.82, 2.24) is 0 Å². The topological polar surface area (TPSA) is 19.6 Å². The lowest BCUT2D eigenvalue weighted by Gasteiger charge is -2.32. The minimum Gasteiger partial charge on any atom is -0.456 e. The molecule has 1 spiro atoms. The molecule has 10 aromatic rings. The summed E-state index contributed by atoms with van der Waals surface area (Å²) in [6.45, 7) is 0. The lowest BCUT2D eigenvalue weighted by atomic mass is 9.70. The van der Waals surface area contributed by atoms with Gasteiger partial charge in [-0.15, -0.1) is 0 Å². The molecule has 3 nitrogen and oxygen atoms in total. The lowest BCUT2D eigenvalue weighted by molar-refractivity contribution is 0.669. The van der Waals surface area contributed by atoms with Crippen molar-refractivity contribution in [3.8, 4) is 22.3 Å². The van der Waals surface area contributed by atoms with Crippen LogP contribution in [0, 0.1) is 0 Å². The van der Waals surface area contributed by atoms with Crippen molar-refractivity contribution in [2.75, 3.05) is 9.80 Å². The lowest BCUT2D eigenvalue weighted by Crippen LogP contribution is -2.26. The average Bonchev–Trinajstić information content (AvgIpc) is 3.91. The summed E-state index contributed by atoms with van der Waals surface area (Å²) in [5, 5.41) is 2.25. The Morgan fingerprint density at radius 3 is 1.22 bits per heavy atom. The molecule has 2 aliphatic carbocycles. The summed E-state index contributed by atoms with van der Waals surface area (Å²) in [7, 11) is 0. The molecule has 1 heterocycles. The number of anilines is 6. The molecule has 58 heavy (non-hydrogen) atoms. The number of hydrogen-bond acceptors (Lipinski definition) is 3. The Morgan fingerprint density at radius 1 is 0.276 bits per heavy atom. The number of rotatable bonds is 6. The van der Waals surface area contributed by atoms with Crippen LogP contribution in [0.3, 0.4) is 0 Å². The summed E-state index contributed by atoms with van der Waals surface area (Å²) in [4.78, 5) is 4.71. The zero-order valence-corrected chi connectivity index (χ0v) is 31.6. The monoisotopic (exact) mass is 740 g/mol. The van der Waals surface area contributed by atoms with E-state index in [0.717, 1.165) is 56.1 Å². The van der Waals surface area contributed by atoms with Crippen molar-refractivity contribution in [3.05, 3.63) is 241 Å². The molecule has 12 rings (SSSR count). The molecule has 1 unspecified atom stereocenters. The van der Waals surface area contributed by atoms with E-state index in [9.17, 15) is 0 Å². The summed E-state index contributed by atoms with van der Waals surface area (Å²) in [6, 6.07) is 79.1. The molecule has 9 aromatic carbocycles. The number of furan rings is 1. The minimum atomic E-state index is -0.468. The van der Waals surface area contributed by atoms with Crippen molar-refractivity contribution >= 4 is 56.1 Å². The van der Waals surface area contributed by atoms with Crippen LogP contribution in [0.25, 0.3) is 44.2 Å². The van der Waals surface area contributed by atoms with E-state index in [2.05, 4.69) is 216 Å². The maximum absolute atomic E-state index is 6.41. The number of benzene rings is 9. The fourth-order valence-electron chi connectivity index (χ4n) is 9.88. The fourth-order valence-corrected chi connectivity index (χ4v) is 9.88. The van der Waals surface area contributed by atoms with Gasteiger partial charge < -0.3 is 14.2 Å². The highest BCUT2D eigenvalue weighted by atomic mass is 16.3. The highest BCUT2D eigenvalue weighted by Crippen LogP contribution is 2.63. The van der Waals surface area contributed by atoms with E-state index in [1.807, 2.05) is 12.1 Å². The molecule has 0 N–H and O–H groups in total. The predicted octanol–water partition coefficient (Wildman–Crippen LogP) is 14.9. The van der Waals surface area contributed by atoms with Gasteiger partial charge >= 0.3 is 0 Å². The third kappa shape index (κ3) is 4.68. The molecule has 0 aliphatic heterocycles. The first-order valence-electron chi connectivity index (χ1n) is 19.9. The van der Waals surface area contributed by atoms with E-state index in [4.69, 9.17) is 4.42 Å². The summed E-state index contributed by atoms with van der Waals surface area (Å²) >= 11 is 0. The molecule has 0 bridgehead atoms. The number of para-hydroxylation sites is 4. The van der Waals surface area contributed by atoms with E-state index in [1.165, 1.54) is 44.5 Å². The Morgan fingerprint density at radius 2 is 0.672 bits per heavy atom. The van der Waals surface area contributed by atoms with Gasteiger partial charge in [-0.1, -0.05) is 133 Å². The number of fused-ring (bicyclic) bond motifs is 13. The zero-order valence-electron chi connectivity index (χ0n) is 31.6. The average molecular weight is 741 g/mol. The van der Waals surface area contributed by atoms with E-state index in [0.29, 0.717) is 0 Å². The molecule has 272 valence electrons. The first-order valence-corrected chi connectivity index (χ1v) is 19.9. The Bertz CT molecular complexity index is 3150.